The lowest BCUT2D eigenvalue weighted by molar-refractivity contribution is 0.238. The Labute approximate surface area is 120 Å². The fourth-order valence-electron chi connectivity index (χ4n) is 1.94. The Bertz CT molecular complexity index is 509. The molecular formula is C17H21NO2. The molecule has 0 aliphatic carbocycles. The van der Waals surface area contributed by atoms with E-state index in [0.717, 1.165) is 30.0 Å². The van der Waals surface area contributed by atoms with E-state index < -0.39 is 0 Å². The molecular weight excluding hydrogens is 250 g/mol. The molecule has 0 aliphatic rings. The lowest BCUT2D eigenvalue weighted by Crippen LogP contribution is -2.31. The molecule has 2 aromatic carbocycles. The van der Waals surface area contributed by atoms with Crippen molar-refractivity contribution >= 4 is 0 Å². The number of nitrogens with one attached hydrogen (secondary N) is 1. The summed E-state index contributed by atoms with van der Waals surface area (Å²) in [4.78, 5) is 0. The lowest BCUT2D eigenvalue weighted by Gasteiger charge is -2.14. The second kappa shape index (κ2) is 7.68. The molecule has 0 fully saturated rings. The van der Waals surface area contributed by atoms with E-state index in [2.05, 4.69) is 18.3 Å². The highest BCUT2D eigenvalue weighted by molar-refractivity contribution is 5.33. The van der Waals surface area contributed by atoms with Crippen LogP contribution in [0.4, 0.5) is 0 Å². The van der Waals surface area contributed by atoms with Crippen LogP contribution in [0.1, 0.15) is 18.9 Å². The third-order valence-corrected chi connectivity index (χ3v) is 3.19. The first-order valence-corrected chi connectivity index (χ1v) is 6.98. The number of hydrogen-bond acceptors (Lipinski definition) is 3. The van der Waals surface area contributed by atoms with E-state index in [-0.39, 0.29) is 12.6 Å². The zero-order chi connectivity index (χ0) is 14.2. The van der Waals surface area contributed by atoms with E-state index in [0.29, 0.717) is 0 Å². The minimum atomic E-state index is 0.147. The van der Waals surface area contributed by atoms with Gasteiger partial charge in [0.2, 0.25) is 0 Å². The fourth-order valence-corrected chi connectivity index (χ4v) is 1.94. The van der Waals surface area contributed by atoms with Gasteiger partial charge >= 0.3 is 0 Å². The molecule has 106 valence electrons. The van der Waals surface area contributed by atoms with Gasteiger partial charge < -0.3 is 15.2 Å². The second-order valence-electron chi connectivity index (χ2n) is 4.73. The highest BCUT2D eigenvalue weighted by Gasteiger charge is 2.04. The predicted octanol–water partition coefficient (Wildman–Crippen LogP) is 3.34. The molecule has 2 aromatic rings. The summed E-state index contributed by atoms with van der Waals surface area (Å²) >= 11 is 0. The van der Waals surface area contributed by atoms with E-state index in [1.165, 1.54) is 0 Å². The Kier molecular flexibility index (Phi) is 5.59. The summed E-state index contributed by atoms with van der Waals surface area (Å²) in [5.41, 5.74) is 1.14. The van der Waals surface area contributed by atoms with Crippen LogP contribution in [0.2, 0.25) is 0 Å². The molecule has 0 bridgehead atoms. The van der Waals surface area contributed by atoms with Gasteiger partial charge in [-0.15, -0.1) is 0 Å². The van der Waals surface area contributed by atoms with Crippen molar-refractivity contribution in [2.45, 2.75) is 25.9 Å². The number of aliphatic hydroxyl groups excluding tert-OH is 1. The second-order valence-corrected chi connectivity index (χ2v) is 4.73. The highest BCUT2D eigenvalue weighted by Crippen LogP contribution is 2.21. The van der Waals surface area contributed by atoms with Gasteiger partial charge in [0.15, 0.2) is 0 Å². The van der Waals surface area contributed by atoms with Crippen LogP contribution >= 0.6 is 0 Å². The summed E-state index contributed by atoms with van der Waals surface area (Å²) in [5, 5.41) is 12.5. The summed E-state index contributed by atoms with van der Waals surface area (Å²) in [6.45, 7) is 2.95. The molecule has 0 saturated heterocycles. The smallest absolute Gasteiger partial charge is 0.127 e. The third kappa shape index (κ3) is 4.37. The van der Waals surface area contributed by atoms with Crippen molar-refractivity contribution in [2.24, 2.45) is 0 Å². The maximum atomic E-state index is 9.17. The normalized spacial score (nSPS) is 12.1. The number of hydrogen-bond donors (Lipinski definition) is 2. The largest absolute Gasteiger partial charge is 0.457 e. The van der Waals surface area contributed by atoms with Gasteiger partial charge in [-0.25, -0.2) is 0 Å². The molecule has 0 amide bonds. The van der Waals surface area contributed by atoms with E-state index in [4.69, 9.17) is 9.84 Å². The summed E-state index contributed by atoms with van der Waals surface area (Å²) < 4.78 is 5.80. The summed E-state index contributed by atoms with van der Waals surface area (Å²) in [6.07, 6.45) is 0.913. The van der Waals surface area contributed by atoms with Gasteiger partial charge in [0.1, 0.15) is 11.5 Å². The van der Waals surface area contributed by atoms with Crippen LogP contribution in [-0.4, -0.2) is 17.8 Å². The van der Waals surface area contributed by atoms with E-state index >= 15 is 0 Å². The average molecular weight is 271 g/mol. The number of rotatable bonds is 7. The molecule has 0 unspecified atom stereocenters. The molecule has 0 aliphatic heterocycles. The van der Waals surface area contributed by atoms with Crippen molar-refractivity contribution in [1.82, 2.24) is 5.32 Å². The van der Waals surface area contributed by atoms with E-state index in [9.17, 15) is 0 Å². The van der Waals surface area contributed by atoms with Gasteiger partial charge in [-0.05, 0) is 36.2 Å². The van der Waals surface area contributed by atoms with Gasteiger partial charge in [-0.3, -0.25) is 0 Å². The monoisotopic (exact) mass is 271 g/mol. The van der Waals surface area contributed by atoms with Crippen LogP contribution in [0.15, 0.2) is 54.6 Å². The first kappa shape index (κ1) is 14.6. The Morgan fingerprint density at radius 3 is 2.50 bits per heavy atom. The zero-order valence-electron chi connectivity index (χ0n) is 11.8. The maximum absolute atomic E-state index is 9.17. The summed E-state index contributed by atoms with van der Waals surface area (Å²) in [6, 6.07) is 17.9. The molecule has 2 N–H and O–H groups in total. The number of aliphatic hydroxyl groups is 1. The minimum absolute atomic E-state index is 0.147. The summed E-state index contributed by atoms with van der Waals surface area (Å²) in [7, 11) is 0. The molecule has 3 nitrogen and oxygen atoms in total. The SMILES string of the molecule is CC[C@H](CO)NCc1cccc(Oc2ccccc2)c1. The van der Waals surface area contributed by atoms with E-state index in [1.54, 1.807) is 0 Å². The lowest BCUT2D eigenvalue weighted by atomic mass is 10.2. The van der Waals surface area contributed by atoms with Crippen LogP contribution in [-0.2, 0) is 6.54 Å². The molecule has 0 heterocycles. The number of ether oxygens (including phenoxy) is 1. The van der Waals surface area contributed by atoms with Gasteiger partial charge in [0.05, 0.1) is 6.61 Å². The molecule has 0 aromatic heterocycles. The zero-order valence-corrected chi connectivity index (χ0v) is 11.8. The van der Waals surface area contributed by atoms with Crippen LogP contribution in [0.5, 0.6) is 11.5 Å². The predicted molar refractivity (Wildman–Crippen MR) is 81.0 cm³/mol. The first-order chi connectivity index (χ1) is 9.81. The van der Waals surface area contributed by atoms with Crippen molar-refractivity contribution in [1.29, 1.82) is 0 Å². The van der Waals surface area contributed by atoms with Crippen molar-refractivity contribution in [3.05, 3.63) is 60.2 Å². The van der Waals surface area contributed by atoms with Crippen molar-refractivity contribution in [3.63, 3.8) is 0 Å². The standard InChI is InChI=1S/C17H21NO2/c1-2-15(13-19)18-12-14-7-6-10-17(11-14)20-16-8-4-3-5-9-16/h3-11,15,18-19H,2,12-13H2,1H3/t15-/m1/s1. The Morgan fingerprint density at radius 1 is 1.05 bits per heavy atom. The minimum Gasteiger partial charge on any atom is -0.457 e. The molecule has 1 atom stereocenters. The maximum Gasteiger partial charge on any atom is 0.127 e. The van der Waals surface area contributed by atoms with Gasteiger partial charge in [-0.1, -0.05) is 37.3 Å². The number of para-hydroxylation sites is 1. The molecule has 0 radical (unpaired) electrons. The Hall–Kier alpha value is -1.84. The topological polar surface area (TPSA) is 41.5 Å². The van der Waals surface area contributed by atoms with E-state index in [1.807, 2.05) is 48.5 Å². The first-order valence-electron chi connectivity index (χ1n) is 6.98. The van der Waals surface area contributed by atoms with Crippen LogP contribution < -0.4 is 10.1 Å². The average Bonchev–Trinajstić information content (AvgIpc) is 2.50. The third-order valence-electron chi connectivity index (χ3n) is 3.19. The molecule has 2 rings (SSSR count). The Morgan fingerprint density at radius 2 is 1.80 bits per heavy atom. The Balaban J connectivity index is 1.97. The number of benzene rings is 2. The molecule has 0 saturated carbocycles. The van der Waals surface area contributed by atoms with Crippen molar-refractivity contribution < 1.29 is 9.84 Å². The van der Waals surface area contributed by atoms with Gasteiger partial charge in [0, 0.05) is 12.6 Å². The van der Waals surface area contributed by atoms with Crippen molar-refractivity contribution in [2.75, 3.05) is 6.61 Å². The van der Waals surface area contributed by atoms with Gasteiger partial charge in [-0.2, -0.15) is 0 Å². The van der Waals surface area contributed by atoms with Crippen LogP contribution in [0.3, 0.4) is 0 Å². The van der Waals surface area contributed by atoms with Crippen LogP contribution in [0.25, 0.3) is 0 Å². The molecule has 20 heavy (non-hydrogen) atoms. The highest BCUT2D eigenvalue weighted by atomic mass is 16.5. The summed E-state index contributed by atoms with van der Waals surface area (Å²) in [5.74, 6) is 1.66. The molecule has 3 heteroatoms. The van der Waals surface area contributed by atoms with Gasteiger partial charge in [0.25, 0.3) is 0 Å². The quantitative estimate of drug-likeness (QED) is 0.811. The fraction of sp³-hybridized carbons (Fsp3) is 0.294. The molecule has 0 spiro atoms. The van der Waals surface area contributed by atoms with Crippen molar-refractivity contribution in [3.8, 4) is 11.5 Å². The van der Waals surface area contributed by atoms with Crippen LogP contribution in [0, 0.1) is 0 Å².